The van der Waals surface area contributed by atoms with Crippen molar-refractivity contribution in [3.8, 4) is 10.6 Å². The maximum Gasteiger partial charge on any atom is 0.309 e. The molecule has 0 spiro atoms. The van der Waals surface area contributed by atoms with Crippen LogP contribution in [0.25, 0.3) is 21.5 Å². The molecule has 0 radical (unpaired) electrons. The molecule has 0 unspecified atom stereocenters. The van der Waals surface area contributed by atoms with Crippen molar-refractivity contribution in [1.82, 2.24) is 10.3 Å². The topological polar surface area (TPSA) is 79.3 Å². The van der Waals surface area contributed by atoms with Crippen LogP contribution >= 0.6 is 38.9 Å². The number of carbonyl (C=O) groups is 2. The van der Waals surface area contributed by atoms with Crippen LogP contribution in [0.4, 0.5) is 0 Å². The highest BCUT2D eigenvalue weighted by Crippen LogP contribution is 2.52. The summed E-state index contributed by atoms with van der Waals surface area (Å²) in [6.45, 7) is 1.93. The minimum Gasteiger partial charge on any atom is -0.481 e. The predicted molar refractivity (Wildman–Crippen MR) is 130 cm³/mol. The number of carboxylic acids is 1. The van der Waals surface area contributed by atoms with E-state index in [0.29, 0.717) is 48.4 Å². The molecule has 166 valence electrons. The van der Waals surface area contributed by atoms with Gasteiger partial charge < -0.3 is 10.4 Å². The molecule has 3 aliphatic carbocycles. The third-order valence-corrected chi connectivity index (χ3v) is 9.03. The van der Waals surface area contributed by atoms with Crippen molar-refractivity contribution < 1.29 is 14.7 Å². The summed E-state index contributed by atoms with van der Waals surface area (Å²) in [5, 5.41) is 13.8. The minimum absolute atomic E-state index is 0.123. The molecular formula is C24H22BrClN2O3S. The zero-order valence-corrected chi connectivity index (χ0v) is 20.7. The second kappa shape index (κ2) is 7.82. The van der Waals surface area contributed by atoms with E-state index in [9.17, 15) is 14.7 Å². The average Bonchev–Trinajstić information content (AvgIpc) is 3.20. The van der Waals surface area contributed by atoms with Gasteiger partial charge in [0.1, 0.15) is 0 Å². The van der Waals surface area contributed by atoms with E-state index >= 15 is 0 Å². The maximum absolute atomic E-state index is 13.7. The molecule has 3 saturated carbocycles. The van der Waals surface area contributed by atoms with Crippen LogP contribution in [0.2, 0.25) is 4.34 Å². The molecule has 5 nitrogen and oxygen atoms in total. The number of halogens is 2. The van der Waals surface area contributed by atoms with Gasteiger partial charge in [-0.05, 0) is 81.3 Å². The standard InChI is InChI=1S/C24H22BrClN2O3S/c1-13-19(21(29)28-24-9-6-23(7-10-24,8-11-24)22(30)31)15-12-14(25)2-3-16(15)27-20(13)17-4-5-18(26)32-17/h2-5,12H,6-11H2,1H3,(H,28,29)(H,30,31). The van der Waals surface area contributed by atoms with Crippen molar-refractivity contribution in [2.45, 2.75) is 51.0 Å². The number of rotatable bonds is 4. The third kappa shape index (κ3) is 3.55. The molecule has 8 heteroatoms. The quantitative estimate of drug-likeness (QED) is 0.396. The van der Waals surface area contributed by atoms with Crippen molar-refractivity contribution >= 4 is 61.6 Å². The van der Waals surface area contributed by atoms with Gasteiger partial charge in [-0.2, -0.15) is 0 Å². The van der Waals surface area contributed by atoms with E-state index in [1.54, 1.807) is 0 Å². The molecule has 1 aromatic carbocycles. The molecule has 6 rings (SSSR count). The summed E-state index contributed by atoms with van der Waals surface area (Å²) in [5.74, 6) is -0.821. The Hall–Kier alpha value is -1.96. The minimum atomic E-state index is -0.697. The summed E-state index contributed by atoms with van der Waals surface area (Å²) in [5.41, 5.74) is 1.99. The number of aliphatic carboxylic acids is 1. The van der Waals surface area contributed by atoms with Crippen LogP contribution in [0.1, 0.15) is 54.4 Å². The van der Waals surface area contributed by atoms with Gasteiger partial charge in [0, 0.05) is 15.4 Å². The van der Waals surface area contributed by atoms with E-state index in [0.717, 1.165) is 31.5 Å². The lowest BCUT2D eigenvalue weighted by Gasteiger charge is -2.51. The number of amides is 1. The number of benzene rings is 1. The highest BCUT2D eigenvalue weighted by Gasteiger charge is 2.53. The van der Waals surface area contributed by atoms with Crippen molar-refractivity contribution in [3.05, 3.63) is 50.3 Å². The van der Waals surface area contributed by atoms with Crippen LogP contribution < -0.4 is 5.32 Å². The molecule has 32 heavy (non-hydrogen) atoms. The lowest BCUT2D eigenvalue weighted by molar-refractivity contribution is -0.156. The zero-order valence-electron chi connectivity index (χ0n) is 17.5. The lowest BCUT2D eigenvalue weighted by Crippen LogP contribution is -2.58. The van der Waals surface area contributed by atoms with Crippen LogP contribution in [-0.4, -0.2) is 27.5 Å². The van der Waals surface area contributed by atoms with Crippen molar-refractivity contribution in [2.75, 3.05) is 0 Å². The Kier molecular flexibility index (Phi) is 5.34. The van der Waals surface area contributed by atoms with E-state index < -0.39 is 11.4 Å². The fourth-order valence-electron chi connectivity index (χ4n) is 5.30. The highest BCUT2D eigenvalue weighted by molar-refractivity contribution is 9.10. The number of fused-ring (bicyclic) bond motifs is 4. The average molecular weight is 534 g/mol. The van der Waals surface area contributed by atoms with E-state index in [-0.39, 0.29) is 11.4 Å². The first kappa shape index (κ1) is 21.9. The smallest absolute Gasteiger partial charge is 0.309 e. The first-order valence-corrected chi connectivity index (χ1v) is 12.6. The summed E-state index contributed by atoms with van der Waals surface area (Å²) in [6.07, 6.45) is 3.94. The molecule has 0 aliphatic heterocycles. The summed E-state index contributed by atoms with van der Waals surface area (Å²) in [4.78, 5) is 31.3. The number of nitrogens with zero attached hydrogens (tertiary/aromatic N) is 1. The van der Waals surface area contributed by atoms with Gasteiger partial charge in [-0.1, -0.05) is 27.5 Å². The van der Waals surface area contributed by atoms with Crippen LogP contribution in [0.3, 0.4) is 0 Å². The lowest BCUT2D eigenvalue weighted by atomic mass is 9.57. The van der Waals surface area contributed by atoms with Crippen LogP contribution in [0, 0.1) is 12.3 Å². The molecule has 1 amide bonds. The Balaban J connectivity index is 1.56. The molecule has 3 aromatic rings. The van der Waals surface area contributed by atoms with Crippen LogP contribution in [0.5, 0.6) is 0 Å². The summed E-state index contributed by atoms with van der Waals surface area (Å²) >= 11 is 11.1. The van der Waals surface area contributed by atoms with Crippen molar-refractivity contribution in [3.63, 3.8) is 0 Å². The van der Waals surface area contributed by atoms with Gasteiger partial charge in [-0.3, -0.25) is 9.59 Å². The van der Waals surface area contributed by atoms with Crippen molar-refractivity contribution in [2.24, 2.45) is 5.41 Å². The number of thiophene rings is 1. The van der Waals surface area contributed by atoms with Gasteiger partial charge in [-0.15, -0.1) is 11.3 Å². The Labute approximate surface area is 203 Å². The Morgan fingerprint density at radius 2 is 1.81 bits per heavy atom. The number of carboxylic acid groups (broad SMARTS) is 1. The molecule has 2 aromatic heterocycles. The number of pyridine rings is 1. The molecule has 3 aliphatic rings. The normalized spacial score (nSPS) is 24.6. The predicted octanol–water partition coefficient (Wildman–Crippen LogP) is 6.60. The highest BCUT2D eigenvalue weighted by atomic mass is 79.9. The summed E-state index contributed by atoms with van der Waals surface area (Å²) < 4.78 is 1.56. The van der Waals surface area contributed by atoms with E-state index in [2.05, 4.69) is 21.2 Å². The van der Waals surface area contributed by atoms with Gasteiger partial charge in [0.05, 0.1) is 31.4 Å². The second-order valence-corrected chi connectivity index (χ2v) is 11.7. The molecular weight excluding hydrogens is 512 g/mol. The van der Waals surface area contributed by atoms with Crippen LogP contribution in [0.15, 0.2) is 34.8 Å². The Bertz CT molecular complexity index is 1250. The zero-order chi connectivity index (χ0) is 22.7. The largest absolute Gasteiger partial charge is 0.481 e. The number of hydrogen-bond donors (Lipinski definition) is 2. The first-order valence-electron chi connectivity index (χ1n) is 10.6. The molecule has 2 heterocycles. The van der Waals surface area contributed by atoms with Gasteiger partial charge in [-0.25, -0.2) is 4.98 Å². The Morgan fingerprint density at radius 3 is 2.41 bits per heavy atom. The van der Waals surface area contributed by atoms with Crippen LogP contribution in [-0.2, 0) is 4.79 Å². The van der Waals surface area contributed by atoms with Gasteiger partial charge in [0.25, 0.3) is 5.91 Å². The van der Waals surface area contributed by atoms with Crippen molar-refractivity contribution in [1.29, 1.82) is 0 Å². The van der Waals surface area contributed by atoms with E-state index in [4.69, 9.17) is 16.6 Å². The number of aromatic nitrogens is 1. The van der Waals surface area contributed by atoms with E-state index in [1.807, 2.05) is 37.3 Å². The number of hydrogen-bond acceptors (Lipinski definition) is 4. The molecule has 2 N–H and O–H groups in total. The molecule has 2 bridgehead atoms. The first-order chi connectivity index (χ1) is 15.2. The molecule has 0 atom stereocenters. The maximum atomic E-state index is 13.7. The van der Waals surface area contributed by atoms with Gasteiger partial charge >= 0.3 is 5.97 Å². The SMILES string of the molecule is Cc1c(-c2ccc(Cl)s2)nc2ccc(Br)cc2c1C(=O)NC12CCC(C(=O)O)(CC1)CC2. The third-order valence-electron chi connectivity index (χ3n) is 7.30. The fraction of sp³-hybridized carbons (Fsp3) is 0.375. The summed E-state index contributed by atoms with van der Waals surface area (Å²) in [7, 11) is 0. The fourth-order valence-corrected chi connectivity index (χ4v) is 6.75. The van der Waals surface area contributed by atoms with Gasteiger partial charge in [0.15, 0.2) is 0 Å². The monoisotopic (exact) mass is 532 g/mol. The molecule has 3 fully saturated rings. The second-order valence-electron chi connectivity index (χ2n) is 9.05. The Morgan fingerprint density at radius 1 is 1.12 bits per heavy atom. The number of carbonyl (C=O) groups excluding carboxylic acids is 1. The van der Waals surface area contributed by atoms with E-state index in [1.165, 1.54) is 11.3 Å². The van der Waals surface area contributed by atoms with Gasteiger partial charge in [0.2, 0.25) is 0 Å². The number of nitrogens with one attached hydrogen (secondary N) is 1. The summed E-state index contributed by atoms with van der Waals surface area (Å²) in [6, 6.07) is 9.54. The molecule has 0 saturated heterocycles.